The minimum absolute atomic E-state index is 0.0727. The predicted molar refractivity (Wildman–Crippen MR) is 182 cm³/mol. The van der Waals surface area contributed by atoms with E-state index in [-0.39, 0.29) is 36.8 Å². The lowest BCUT2D eigenvalue weighted by molar-refractivity contribution is -0.151. The Bertz CT molecular complexity index is 1450. The molecule has 3 aliphatic heterocycles. The van der Waals surface area contributed by atoms with E-state index in [0.29, 0.717) is 50.3 Å². The van der Waals surface area contributed by atoms with E-state index in [1.807, 2.05) is 49.4 Å². The van der Waals surface area contributed by atoms with Crippen molar-refractivity contribution >= 4 is 23.4 Å². The molecule has 2 aromatic rings. The molecule has 3 amide bonds. The molecule has 6 atom stereocenters. The number of ether oxygens (including phenoxy) is 2. The van der Waals surface area contributed by atoms with Gasteiger partial charge in [0.05, 0.1) is 24.5 Å². The first-order valence-electron chi connectivity index (χ1n) is 16.8. The Labute approximate surface area is 278 Å². The summed E-state index contributed by atoms with van der Waals surface area (Å²) in [7, 11) is 1.59. The number of unbranched alkanes of at least 4 members (excludes halogenated alkanes) is 3. The lowest BCUT2D eigenvalue weighted by Gasteiger charge is -2.39. The molecule has 9 nitrogen and oxygen atoms in total. The number of amides is 3. The average molecular weight is 644 g/mol. The number of aliphatic hydroxyl groups excluding tert-OH is 1. The van der Waals surface area contributed by atoms with Crippen molar-refractivity contribution in [2.45, 2.75) is 69.7 Å². The van der Waals surface area contributed by atoms with Gasteiger partial charge < -0.3 is 29.3 Å². The molecule has 3 fully saturated rings. The molecule has 2 bridgehead atoms. The molecule has 3 heterocycles. The molecule has 2 aromatic carbocycles. The fourth-order valence-electron chi connectivity index (χ4n) is 8.13. The van der Waals surface area contributed by atoms with Crippen LogP contribution in [0.4, 0.5) is 5.69 Å². The SMILES string of the molecule is C=CCN(Cc1ccccc1)C(=O)[C@@H]1[C@H]2C(=O)N(CCCCCCO)C(C(=O)N(CC=C)c3ccc(OC)cc3)C23CC(C)[C@@]1(C)O3. The van der Waals surface area contributed by atoms with Crippen LogP contribution < -0.4 is 9.64 Å². The first-order chi connectivity index (χ1) is 22.7. The summed E-state index contributed by atoms with van der Waals surface area (Å²) in [6.07, 6.45) is 6.86. The standard InChI is InChI=1S/C38H49N3O6/c1-6-21-39(26-28-15-11-10-12-16-28)34(43)31-32-35(44)41(23-13-8-9-14-24-42)33(38(32)25-27(3)37(31,4)47-38)36(45)40(22-7-2)29-17-19-30(46-5)20-18-29/h6-7,10-12,15-20,27,31-33,42H,1-2,8-9,13-14,21-26H2,3-5H3/t27?,31-,32-,33?,37+,38?/m0/s1. The third kappa shape index (κ3) is 6.23. The number of aliphatic hydroxyl groups is 1. The van der Waals surface area contributed by atoms with Crippen LogP contribution in [0.15, 0.2) is 79.9 Å². The summed E-state index contributed by atoms with van der Waals surface area (Å²) >= 11 is 0. The monoisotopic (exact) mass is 643 g/mol. The smallest absolute Gasteiger partial charge is 0.253 e. The highest BCUT2D eigenvalue weighted by Crippen LogP contribution is 2.65. The number of fused-ring (bicyclic) bond motifs is 1. The molecule has 5 rings (SSSR count). The number of hydrogen-bond acceptors (Lipinski definition) is 6. The molecule has 0 radical (unpaired) electrons. The fraction of sp³-hybridized carbons (Fsp3) is 0.500. The minimum Gasteiger partial charge on any atom is -0.497 e. The lowest BCUT2D eigenvalue weighted by Crippen LogP contribution is -2.57. The summed E-state index contributed by atoms with van der Waals surface area (Å²) in [6, 6.07) is 16.1. The van der Waals surface area contributed by atoms with Gasteiger partial charge in [0.25, 0.3) is 5.91 Å². The van der Waals surface area contributed by atoms with Gasteiger partial charge in [0.1, 0.15) is 17.4 Å². The van der Waals surface area contributed by atoms with E-state index in [9.17, 15) is 19.5 Å². The van der Waals surface area contributed by atoms with Gasteiger partial charge in [-0.1, -0.05) is 62.2 Å². The summed E-state index contributed by atoms with van der Waals surface area (Å²) < 4.78 is 12.4. The molecule has 252 valence electrons. The molecule has 1 N–H and O–H groups in total. The van der Waals surface area contributed by atoms with Crippen molar-refractivity contribution in [1.82, 2.24) is 9.80 Å². The molecular weight excluding hydrogens is 594 g/mol. The van der Waals surface area contributed by atoms with Crippen LogP contribution in [-0.2, 0) is 25.7 Å². The van der Waals surface area contributed by atoms with Crippen LogP contribution in [0.2, 0.25) is 0 Å². The third-order valence-electron chi connectivity index (χ3n) is 10.5. The van der Waals surface area contributed by atoms with Crippen LogP contribution in [-0.4, -0.2) is 83.2 Å². The van der Waals surface area contributed by atoms with Crippen molar-refractivity contribution in [3.63, 3.8) is 0 Å². The Balaban J connectivity index is 1.55. The molecule has 0 saturated carbocycles. The number of likely N-dealkylation sites (tertiary alicyclic amines) is 1. The quantitative estimate of drug-likeness (QED) is 0.204. The number of hydrogen-bond donors (Lipinski definition) is 1. The molecule has 47 heavy (non-hydrogen) atoms. The van der Waals surface area contributed by atoms with Gasteiger partial charge in [0.15, 0.2) is 0 Å². The van der Waals surface area contributed by atoms with Gasteiger partial charge in [-0.15, -0.1) is 13.2 Å². The van der Waals surface area contributed by atoms with Crippen LogP contribution >= 0.6 is 0 Å². The summed E-state index contributed by atoms with van der Waals surface area (Å²) in [5.41, 5.74) is -0.450. The number of carbonyl (C=O) groups is 3. The molecule has 3 aliphatic rings. The van der Waals surface area contributed by atoms with E-state index in [2.05, 4.69) is 20.1 Å². The second-order valence-corrected chi connectivity index (χ2v) is 13.3. The van der Waals surface area contributed by atoms with Gasteiger partial charge in [-0.05, 0) is 61.9 Å². The number of rotatable bonds is 16. The second kappa shape index (κ2) is 14.4. The normalized spacial score (nSPS) is 27.4. The number of carbonyl (C=O) groups excluding carboxylic acids is 3. The molecule has 3 unspecified atom stereocenters. The highest BCUT2D eigenvalue weighted by Gasteiger charge is 2.80. The molecule has 9 heteroatoms. The molecule has 0 aromatic heterocycles. The zero-order valence-corrected chi connectivity index (χ0v) is 28.0. The van der Waals surface area contributed by atoms with E-state index in [0.717, 1.165) is 18.4 Å². The summed E-state index contributed by atoms with van der Waals surface area (Å²) in [6.45, 7) is 13.2. The number of anilines is 1. The average Bonchev–Trinajstić information content (AvgIpc) is 3.59. The van der Waals surface area contributed by atoms with Gasteiger partial charge in [-0.25, -0.2) is 0 Å². The first kappa shape index (κ1) is 34.4. The predicted octanol–water partition coefficient (Wildman–Crippen LogP) is 4.99. The number of methoxy groups -OCH3 is 1. The van der Waals surface area contributed by atoms with Crippen molar-refractivity contribution < 1.29 is 29.0 Å². The van der Waals surface area contributed by atoms with Crippen LogP contribution in [0.1, 0.15) is 51.5 Å². The zero-order valence-electron chi connectivity index (χ0n) is 28.0. The fourth-order valence-corrected chi connectivity index (χ4v) is 8.13. The van der Waals surface area contributed by atoms with Gasteiger partial charge in [0.2, 0.25) is 11.8 Å². The van der Waals surface area contributed by atoms with Crippen molar-refractivity contribution in [3.8, 4) is 5.75 Å². The summed E-state index contributed by atoms with van der Waals surface area (Å²) in [4.78, 5) is 49.4. The Morgan fingerprint density at radius 2 is 1.70 bits per heavy atom. The topological polar surface area (TPSA) is 99.6 Å². The Morgan fingerprint density at radius 1 is 1.02 bits per heavy atom. The third-order valence-corrected chi connectivity index (χ3v) is 10.5. The van der Waals surface area contributed by atoms with Crippen LogP contribution in [0.3, 0.4) is 0 Å². The van der Waals surface area contributed by atoms with Crippen LogP contribution in [0.5, 0.6) is 5.75 Å². The maximum absolute atomic E-state index is 14.9. The van der Waals surface area contributed by atoms with E-state index >= 15 is 0 Å². The molecule has 0 aliphatic carbocycles. The summed E-state index contributed by atoms with van der Waals surface area (Å²) in [5.74, 6) is -1.57. The Kier molecular flexibility index (Phi) is 10.6. The van der Waals surface area contributed by atoms with Gasteiger partial charge in [0, 0.05) is 38.5 Å². The lowest BCUT2D eigenvalue weighted by atomic mass is 9.62. The Hall–Kier alpha value is -3.95. The minimum atomic E-state index is -1.16. The van der Waals surface area contributed by atoms with Gasteiger partial charge in [-0.3, -0.25) is 14.4 Å². The maximum Gasteiger partial charge on any atom is 0.253 e. The van der Waals surface area contributed by atoms with E-state index in [1.54, 1.807) is 46.1 Å². The Morgan fingerprint density at radius 3 is 2.34 bits per heavy atom. The zero-order chi connectivity index (χ0) is 33.8. The van der Waals surface area contributed by atoms with Crippen molar-refractivity contribution in [1.29, 1.82) is 0 Å². The molecule has 1 spiro atoms. The molecule has 3 saturated heterocycles. The van der Waals surface area contributed by atoms with Crippen molar-refractivity contribution in [2.24, 2.45) is 17.8 Å². The van der Waals surface area contributed by atoms with Crippen LogP contribution in [0.25, 0.3) is 0 Å². The van der Waals surface area contributed by atoms with Crippen LogP contribution in [0, 0.1) is 17.8 Å². The number of benzene rings is 2. The van der Waals surface area contributed by atoms with Gasteiger partial charge >= 0.3 is 0 Å². The van der Waals surface area contributed by atoms with E-state index in [1.165, 1.54) is 0 Å². The maximum atomic E-state index is 14.9. The summed E-state index contributed by atoms with van der Waals surface area (Å²) in [5, 5.41) is 9.28. The van der Waals surface area contributed by atoms with E-state index < -0.39 is 29.1 Å². The number of nitrogens with zero attached hydrogens (tertiary/aromatic N) is 3. The second-order valence-electron chi connectivity index (χ2n) is 13.3. The highest BCUT2D eigenvalue weighted by atomic mass is 16.5. The van der Waals surface area contributed by atoms with Crippen molar-refractivity contribution in [3.05, 3.63) is 85.5 Å². The van der Waals surface area contributed by atoms with Crippen molar-refractivity contribution in [2.75, 3.05) is 38.3 Å². The largest absolute Gasteiger partial charge is 0.497 e. The van der Waals surface area contributed by atoms with E-state index in [4.69, 9.17) is 9.47 Å². The molecular formula is C38H49N3O6. The highest BCUT2D eigenvalue weighted by molar-refractivity contribution is 6.05. The van der Waals surface area contributed by atoms with Gasteiger partial charge in [-0.2, -0.15) is 0 Å². The first-order valence-corrected chi connectivity index (χ1v) is 16.8.